The second-order valence-corrected chi connectivity index (χ2v) is 17.2. The lowest BCUT2D eigenvalue weighted by Gasteiger charge is -2.44. The van der Waals surface area contributed by atoms with Gasteiger partial charge in [0.05, 0.1) is 28.0 Å². The molecule has 2 aromatic carbocycles. The number of imide groups is 2. The van der Waals surface area contributed by atoms with E-state index in [4.69, 9.17) is 16.6 Å². The van der Waals surface area contributed by atoms with Crippen LogP contribution in [0.4, 0.5) is 28.1 Å². The predicted molar refractivity (Wildman–Crippen MR) is 220 cm³/mol. The molecule has 0 aliphatic carbocycles. The topological polar surface area (TPSA) is 173 Å². The molecule has 5 aliphatic rings. The summed E-state index contributed by atoms with van der Waals surface area (Å²) in [5.41, 5.74) is 2.99. The molecule has 0 radical (unpaired) electrons. The van der Waals surface area contributed by atoms with Gasteiger partial charge in [-0.25, -0.2) is 15.0 Å². The summed E-state index contributed by atoms with van der Waals surface area (Å²) in [6.45, 7) is 8.27. The second kappa shape index (κ2) is 15.4. The van der Waals surface area contributed by atoms with Crippen LogP contribution < -0.4 is 25.8 Å². The highest BCUT2D eigenvalue weighted by Gasteiger charge is 2.46. The fourth-order valence-electron chi connectivity index (χ4n) is 9.09. The number of rotatable bonds is 9. The highest BCUT2D eigenvalue weighted by atomic mass is 35.5. The molecule has 4 saturated heterocycles. The number of amides is 5. The zero-order valence-corrected chi connectivity index (χ0v) is 33.7. The molecular weight excluding hydrogens is 780 g/mol. The molecule has 300 valence electrons. The molecule has 15 nitrogen and oxygen atoms in total. The van der Waals surface area contributed by atoms with Gasteiger partial charge < -0.3 is 20.4 Å². The van der Waals surface area contributed by atoms with E-state index in [0.29, 0.717) is 61.5 Å². The summed E-state index contributed by atoms with van der Waals surface area (Å²) < 4.78 is 0. The van der Waals surface area contributed by atoms with E-state index in [1.54, 1.807) is 24.4 Å². The molecule has 58 heavy (non-hydrogen) atoms. The van der Waals surface area contributed by atoms with Crippen LogP contribution in [-0.2, 0) is 9.59 Å². The number of benzene rings is 2. The molecular formula is C41H43ClN10O5S. The number of nitrogens with zero attached hydrogens (tertiary/aromatic N) is 7. The van der Waals surface area contributed by atoms with Gasteiger partial charge in [0.15, 0.2) is 5.13 Å². The number of carbonyl (C=O) groups is 5. The minimum absolute atomic E-state index is 0.0916. The average molecular weight is 823 g/mol. The van der Waals surface area contributed by atoms with Crippen molar-refractivity contribution in [2.75, 3.05) is 53.2 Å². The van der Waals surface area contributed by atoms with Gasteiger partial charge in [-0.1, -0.05) is 35.1 Å². The lowest BCUT2D eigenvalue weighted by molar-refractivity contribution is -0.136. The first-order chi connectivity index (χ1) is 28.0. The van der Waals surface area contributed by atoms with E-state index < -0.39 is 29.7 Å². The van der Waals surface area contributed by atoms with Gasteiger partial charge in [-0.2, -0.15) is 0 Å². The highest BCUT2D eigenvalue weighted by molar-refractivity contribution is 7.17. The maximum Gasteiger partial charge on any atom is 0.267 e. The molecule has 4 fully saturated rings. The first-order valence-corrected chi connectivity index (χ1v) is 20.9. The molecule has 17 heteroatoms. The number of piperidine rings is 2. The number of hydrogen-bond acceptors (Lipinski definition) is 13. The normalized spacial score (nSPS) is 22.4. The van der Waals surface area contributed by atoms with E-state index in [-0.39, 0.29) is 18.7 Å². The number of carbonyl (C=O) groups excluding carboxylic acids is 5. The van der Waals surface area contributed by atoms with Crippen molar-refractivity contribution in [3.63, 3.8) is 0 Å². The van der Waals surface area contributed by atoms with Crippen LogP contribution in [-0.4, -0.2) is 105 Å². The third-order valence-corrected chi connectivity index (χ3v) is 13.3. The summed E-state index contributed by atoms with van der Waals surface area (Å²) in [6.07, 6.45) is 6.10. The van der Waals surface area contributed by atoms with Gasteiger partial charge in [0.1, 0.15) is 28.4 Å². The third kappa shape index (κ3) is 7.28. The Morgan fingerprint density at radius 2 is 1.67 bits per heavy atom. The molecule has 0 saturated carbocycles. The Balaban J connectivity index is 0.788. The fraction of sp³-hybridized carbons (Fsp3) is 0.415. The molecule has 3 unspecified atom stereocenters. The minimum Gasteiger partial charge on any atom is -0.368 e. The zero-order chi connectivity index (χ0) is 40.2. The zero-order valence-electron chi connectivity index (χ0n) is 32.2. The van der Waals surface area contributed by atoms with Crippen molar-refractivity contribution in [3.8, 4) is 0 Å². The van der Waals surface area contributed by atoms with Gasteiger partial charge in [-0.3, -0.25) is 39.1 Å². The van der Waals surface area contributed by atoms with Crippen molar-refractivity contribution in [2.24, 2.45) is 5.92 Å². The van der Waals surface area contributed by atoms with Crippen LogP contribution in [0.1, 0.15) is 80.3 Å². The van der Waals surface area contributed by atoms with Crippen LogP contribution in [0.2, 0.25) is 5.02 Å². The van der Waals surface area contributed by atoms with Crippen molar-refractivity contribution in [3.05, 3.63) is 81.1 Å². The Morgan fingerprint density at radius 1 is 0.914 bits per heavy atom. The maximum atomic E-state index is 13.5. The number of nitrogens with one attached hydrogen (secondary N) is 3. The fourth-order valence-corrected chi connectivity index (χ4v) is 10.1. The number of thiazole rings is 1. The van der Waals surface area contributed by atoms with Gasteiger partial charge in [0.25, 0.3) is 17.7 Å². The summed E-state index contributed by atoms with van der Waals surface area (Å²) >= 11 is 7.55. The molecule has 5 aliphatic heterocycles. The summed E-state index contributed by atoms with van der Waals surface area (Å²) in [6, 6.07) is 12.7. The number of aryl methyl sites for hydroxylation is 2. The number of hydrogen-bond donors (Lipinski definition) is 3. The Morgan fingerprint density at radius 3 is 2.41 bits per heavy atom. The minimum atomic E-state index is -0.976. The smallest absolute Gasteiger partial charge is 0.267 e. The Bertz CT molecular complexity index is 2310. The summed E-state index contributed by atoms with van der Waals surface area (Å²) in [5, 5.41) is 9.46. The first-order valence-electron chi connectivity index (χ1n) is 19.8. The summed E-state index contributed by atoms with van der Waals surface area (Å²) in [7, 11) is 0. The third-order valence-electron chi connectivity index (χ3n) is 12.1. The SMILES string of the molecule is Cc1nc(Nc2ncc(C(=O)Nc3c(C)cccc3Cl)s2)cc(N2CCC(CN3C4CCC3CN(c3ccc5c(c3)C(=O)N(C3CCC(=O)NC3=O)C5=O)C4)CC2)n1. The van der Waals surface area contributed by atoms with Crippen molar-refractivity contribution in [2.45, 2.75) is 70.5 Å². The molecule has 3 N–H and O–H groups in total. The van der Waals surface area contributed by atoms with Gasteiger partial charge in [-0.15, -0.1) is 0 Å². The summed E-state index contributed by atoms with van der Waals surface area (Å²) in [5.74, 6) is 0.445. The molecule has 4 aromatic rings. The van der Waals surface area contributed by atoms with Crippen LogP contribution in [0.15, 0.2) is 48.7 Å². The van der Waals surface area contributed by atoms with E-state index in [1.165, 1.54) is 11.3 Å². The molecule has 3 atom stereocenters. The van der Waals surface area contributed by atoms with Gasteiger partial charge in [0.2, 0.25) is 11.8 Å². The van der Waals surface area contributed by atoms with Crippen LogP contribution in [0.3, 0.4) is 0 Å². The van der Waals surface area contributed by atoms with E-state index in [2.05, 4.69) is 40.6 Å². The maximum absolute atomic E-state index is 13.5. The van der Waals surface area contributed by atoms with Crippen LogP contribution in [0, 0.1) is 19.8 Å². The lowest BCUT2D eigenvalue weighted by Crippen LogP contribution is -2.55. The molecule has 2 aromatic heterocycles. The highest BCUT2D eigenvalue weighted by Crippen LogP contribution is 2.37. The van der Waals surface area contributed by atoms with Crippen molar-refractivity contribution in [1.82, 2.24) is 30.1 Å². The number of anilines is 5. The van der Waals surface area contributed by atoms with Gasteiger partial charge >= 0.3 is 0 Å². The van der Waals surface area contributed by atoms with E-state index in [0.717, 1.165) is 80.4 Å². The number of para-hydroxylation sites is 1. The number of piperazine rings is 1. The number of fused-ring (bicyclic) bond motifs is 3. The number of halogens is 1. The molecule has 0 spiro atoms. The molecule has 2 bridgehead atoms. The first kappa shape index (κ1) is 38.1. The Kier molecular flexibility index (Phi) is 10.1. The Hall–Kier alpha value is -5.45. The van der Waals surface area contributed by atoms with Crippen molar-refractivity contribution in [1.29, 1.82) is 0 Å². The van der Waals surface area contributed by atoms with Crippen molar-refractivity contribution < 1.29 is 24.0 Å². The van der Waals surface area contributed by atoms with Crippen LogP contribution in [0.5, 0.6) is 0 Å². The van der Waals surface area contributed by atoms with E-state index >= 15 is 0 Å². The average Bonchev–Trinajstić information content (AvgIpc) is 3.83. The van der Waals surface area contributed by atoms with Crippen LogP contribution in [0.25, 0.3) is 0 Å². The summed E-state index contributed by atoms with van der Waals surface area (Å²) in [4.78, 5) is 86.5. The van der Waals surface area contributed by atoms with E-state index in [9.17, 15) is 24.0 Å². The quantitative estimate of drug-likeness (QED) is 0.190. The molecule has 9 rings (SSSR count). The molecule has 7 heterocycles. The second-order valence-electron chi connectivity index (χ2n) is 15.8. The van der Waals surface area contributed by atoms with Gasteiger partial charge in [-0.05, 0) is 81.7 Å². The van der Waals surface area contributed by atoms with Gasteiger partial charge in [0, 0.05) is 63.0 Å². The Labute approximate surface area is 344 Å². The predicted octanol–water partition coefficient (Wildman–Crippen LogP) is 5.17. The van der Waals surface area contributed by atoms with Crippen LogP contribution >= 0.6 is 22.9 Å². The number of aromatic nitrogens is 3. The largest absolute Gasteiger partial charge is 0.368 e. The van der Waals surface area contributed by atoms with Crippen molar-refractivity contribution >= 4 is 80.6 Å². The molecule has 5 amide bonds. The monoisotopic (exact) mass is 822 g/mol. The standard InChI is InChI=1S/C41H43ClN10O5S/c1-22-4-3-5-30(42)36(22)48-38(55)32-18-43-41(58-32)46-33-17-34(45-23(2)44-33)49-14-12-24(13-15-49)19-51-26-6-7-27(51)21-50(20-26)25-8-9-28-29(16-25)40(57)52(39(28)56)31-10-11-35(53)47-37(31)54/h3-5,8-9,16-18,24,26-27,31H,6-7,10-15,19-21H2,1-2H3,(H,48,55)(H,47,53,54)(H,43,44,45,46). The van der Waals surface area contributed by atoms with E-state index in [1.807, 2.05) is 38.1 Å². The lowest BCUT2D eigenvalue weighted by atomic mass is 9.95.